The van der Waals surface area contributed by atoms with Gasteiger partial charge in [-0.1, -0.05) is 13.8 Å². The monoisotopic (exact) mass is 281 g/mol. The topological polar surface area (TPSA) is 47.6 Å². The Labute approximate surface area is 121 Å². The highest BCUT2D eigenvalue weighted by molar-refractivity contribution is 5.91. The summed E-state index contributed by atoms with van der Waals surface area (Å²) in [5.74, 6) is -0.175. The van der Waals surface area contributed by atoms with Gasteiger partial charge in [0.1, 0.15) is 6.10 Å². The van der Waals surface area contributed by atoms with Crippen LogP contribution in [0.15, 0.2) is 11.6 Å². The van der Waals surface area contributed by atoms with Crippen LogP contribution in [0.25, 0.3) is 0 Å². The second kappa shape index (κ2) is 5.86. The van der Waals surface area contributed by atoms with Crippen LogP contribution in [0.3, 0.4) is 0 Å². The fourth-order valence-electron chi connectivity index (χ4n) is 2.91. The lowest BCUT2D eigenvalue weighted by Crippen LogP contribution is -2.56. The van der Waals surface area contributed by atoms with Gasteiger partial charge in [-0.05, 0) is 39.7 Å². The van der Waals surface area contributed by atoms with Crippen LogP contribution in [0.2, 0.25) is 0 Å². The molecule has 2 aliphatic rings. The van der Waals surface area contributed by atoms with E-state index in [-0.39, 0.29) is 35.9 Å². The number of hydrogen-bond donors (Lipinski definition) is 1. The summed E-state index contributed by atoms with van der Waals surface area (Å²) in [6.07, 6.45) is 4.69. The molecule has 1 N–H and O–H groups in total. The number of carbonyl (C=O) groups excluding carboxylic acids is 1. The summed E-state index contributed by atoms with van der Waals surface area (Å²) in [6.45, 7) is 10.6. The lowest BCUT2D eigenvalue weighted by Gasteiger charge is -2.38. The molecule has 0 radical (unpaired) electrons. The van der Waals surface area contributed by atoms with E-state index < -0.39 is 0 Å². The molecular formula is C16H27NO3. The van der Waals surface area contributed by atoms with Crippen LogP contribution in [0.5, 0.6) is 0 Å². The van der Waals surface area contributed by atoms with Crippen molar-refractivity contribution in [2.45, 2.75) is 83.8 Å². The summed E-state index contributed by atoms with van der Waals surface area (Å²) >= 11 is 0. The van der Waals surface area contributed by atoms with Gasteiger partial charge in [-0.3, -0.25) is 0 Å². The molecule has 4 heteroatoms. The van der Waals surface area contributed by atoms with Crippen molar-refractivity contribution in [3.63, 3.8) is 0 Å². The van der Waals surface area contributed by atoms with E-state index in [1.807, 2.05) is 6.08 Å². The summed E-state index contributed by atoms with van der Waals surface area (Å²) < 4.78 is 11.7. The van der Waals surface area contributed by atoms with Gasteiger partial charge >= 0.3 is 5.97 Å². The van der Waals surface area contributed by atoms with Gasteiger partial charge in [0, 0.05) is 17.5 Å². The first-order chi connectivity index (χ1) is 9.34. The Hall–Kier alpha value is -0.870. The minimum atomic E-state index is -0.175. The van der Waals surface area contributed by atoms with Gasteiger partial charge in [0.05, 0.1) is 18.2 Å². The van der Waals surface area contributed by atoms with Gasteiger partial charge in [-0.2, -0.15) is 0 Å². The van der Waals surface area contributed by atoms with Crippen LogP contribution < -0.4 is 5.32 Å². The average molecular weight is 281 g/mol. The average Bonchev–Trinajstić information content (AvgIpc) is 2.67. The quantitative estimate of drug-likeness (QED) is 0.787. The van der Waals surface area contributed by atoms with Crippen LogP contribution in [-0.2, 0) is 14.3 Å². The third-order valence-electron chi connectivity index (χ3n) is 3.92. The van der Waals surface area contributed by atoms with Crippen molar-refractivity contribution in [2.75, 3.05) is 0 Å². The third-order valence-corrected chi connectivity index (χ3v) is 3.92. The molecule has 1 fully saturated rings. The Morgan fingerprint density at radius 2 is 2.05 bits per heavy atom. The van der Waals surface area contributed by atoms with E-state index in [1.54, 1.807) is 0 Å². The van der Waals surface area contributed by atoms with Crippen molar-refractivity contribution in [3.05, 3.63) is 11.6 Å². The summed E-state index contributed by atoms with van der Waals surface area (Å²) in [4.78, 5) is 11.8. The first-order valence-electron chi connectivity index (χ1n) is 7.69. The molecule has 1 unspecified atom stereocenters. The summed E-state index contributed by atoms with van der Waals surface area (Å²) in [5, 5.41) is 3.56. The molecule has 3 atom stereocenters. The number of ether oxygens (including phenoxy) is 2. The van der Waals surface area contributed by atoms with Crippen LogP contribution in [-0.4, -0.2) is 35.9 Å². The predicted molar refractivity (Wildman–Crippen MR) is 78.5 cm³/mol. The normalized spacial score (nSPS) is 29.6. The number of hydrogen-bond acceptors (Lipinski definition) is 4. The molecule has 114 valence electrons. The standard InChI is InChI=1S/C16H27NO3/c1-6-11(7-2)19-12-8-10-9-13(20-15(10)18)14(12)17-16(3,4)5/h8,11-14,17H,6-7,9H2,1-5H3/t12-,13?,14+/m1/s1. The van der Waals surface area contributed by atoms with Crippen molar-refractivity contribution in [3.8, 4) is 0 Å². The molecule has 0 aromatic heterocycles. The van der Waals surface area contributed by atoms with Crippen molar-refractivity contribution >= 4 is 5.97 Å². The van der Waals surface area contributed by atoms with Crippen molar-refractivity contribution in [2.24, 2.45) is 0 Å². The second-order valence-corrected chi connectivity index (χ2v) is 6.80. The Morgan fingerprint density at radius 3 is 2.60 bits per heavy atom. The number of fused-ring (bicyclic) bond motifs is 2. The summed E-state index contributed by atoms with van der Waals surface area (Å²) in [7, 11) is 0. The molecule has 1 saturated heterocycles. The molecule has 0 saturated carbocycles. The van der Waals surface area contributed by atoms with Gasteiger partial charge in [0.25, 0.3) is 0 Å². The van der Waals surface area contributed by atoms with Crippen molar-refractivity contribution in [1.29, 1.82) is 0 Å². The SMILES string of the molecule is CCC(CC)O[C@@H]1C=C2CC(OC2=O)[C@H]1NC(C)(C)C. The maximum atomic E-state index is 11.8. The van der Waals surface area contributed by atoms with Gasteiger partial charge in [-0.25, -0.2) is 4.79 Å². The lowest BCUT2D eigenvalue weighted by molar-refractivity contribution is -0.141. The molecule has 0 amide bonds. The molecule has 0 aromatic carbocycles. The number of rotatable bonds is 5. The fourth-order valence-corrected chi connectivity index (χ4v) is 2.91. The first-order valence-corrected chi connectivity index (χ1v) is 7.69. The van der Waals surface area contributed by atoms with Crippen LogP contribution >= 0.6 is 0 Å². The lowest BCUT2D eigenvalue weighted by atomic mass is 9.90. The Balaban J connectivity index is 2.18. The van der Waals surface area contributed by atoms with Gasteiger partial charge in [0.2, 0.25) is 0 Å². The molecule has 1 aliphatic carbocycles. The molecule has 0 spiro atoms. The van der Waals surface area contributed by atoms with E-state index in [9.17, 15) is 4.79 Å². The van der Waals surface area contributed by atoms with Crippen molar-refractivity contribution < 1.29 is 14.3 Å². The zero-order chi connectivity index (χ0) is 14.9. The molecule has 2 rings (SSSR count). The highest BCUT2D eigenvalue weighted by Gasteiger charge is 2.45. The maximum absolute atomic E-state index is 11.8. The largest absolute Gasteiger partial charge is 0.457 e. The van der Waals surface area contributed by atoms with E-state index >= 15 is 0 Å². The number of nitrogens with one attached hydrogen (secondary N) is 1. The van der Waals surface area contributed by atoms with E-state index in [0.29, 0.717) is 6.42 Å². The van der Waals surface area contributed by atoms with E-state index in [1.165, 1.54) is 0 Å². The van der Waals surface area contributed by atoms with Crippen LogP contribution in [0.1, 0.15) is 53.9 Å². The molecule has 1 aliphatic heterocycles. The Bertz CT molecular complexity index is 393. The van der Waals surface area contributed by atoms with Gasteiger partial charge in [0.15, 0.2) is 0 Å². The molecule has 2 bridgehead atoms. The van der Waals surface area contributed by atoms with Gasteiger partial charge in [-0.15, -0.1) is 0 Å². The minimum Gasteiger partial charge on any atom is -0.457 e. The van der Waals surface area contributed by atoms with E-state index in [0.717, 1.165) is 18.4 Å². The molecule has 0 aromatic rings. The molecular weight excluding hydrogens is 254 g/mol. The smallest absolute Gasteiger partial charge is 0.334 e. The first kappa shape index (κ1) is 15.5. The Kier molecular flexibility index (Phi) is 4.55. The Morgan fingerprint density at radius 1 is 1.40 bits per heavy atom. The zero-order valence-electron chi connectivity index (χ0n) is 13.2. The summed E-state index contributed by atoms with van der Waals surface area (Å²) in [5.41, 5.74) is 0.735. The van der Waals surface area contributed by atoms with E-state index in [2.05, 4.69) is 39.9 Å². The highest BCUT2D eigenvalue weighted by Crippen LogP contribution is 2.33. The number of esters is 1. The van der Waals surface area contributed by atoms with Crippen LogP contribution in [0.4, 0.5) is 0 Å². The third kappa shape index (κ3) is 3.41. The predicted octanol–water partition coefficient (Wildman–Crippen LogP) is 2.57. The van der Waals surface area contributed by atoms with Gasteiger partial charge < -0.3 is 14.8 Å². The minimum absolute atomic E-state index is 0.0331. The summed E-state index contributed by atoms with van der Waals surface area (Å²) in [6, 6.07) is 0.0331. The van der Waals surface area contributed by atoms with Crippen molar-refractivity contribution in [1.82, 2.24) is 5.32 Å². The fraction of sp³-hybridized carbons (Fsp3) is 0.812. The molecule has 4 nitrogen and oxygen atoms in total. The van der Waals surface area contributed by atoms with Crippen LogP contribution in [0, 0.1) is 0 Å². The van der Waals surface area contributed by atoms with E-state index in [4.69, 9.17) is 9.47 Å². The molecule has 1 heterocycles. The highest BCUT2D eigenvalue weighted by atomic mass is 16.6. The maximum Gasteiger partial charge on any atom is 0.334 e. The molecule has 20 heavy (non-hydrogen) atoms. The second-order valence-electron chi connectivity index (χ2n) is 6.80. The number of carbonyl (C=O) groups is 1. The zero-order valence-corrected chi connectivity index (χ0v) is 13.2.